The van der Waals surface area contributed by atoms with Gasteiger partial charge in [0, 0.05) is 19.9 Å². The van der Waals surface area contributed by atoms with E-state index in [1.807, 2.05) is 19.3 Å². The maximum Gasteiger partial charge on any atom is 0.0883 e. The summed E-state index contributed by atoms with van der Waals surface area (Å²) in [5.41, 5.74) is 3.60. The summed E-state index contributed by atoms with van der Waals surface area (Å²) in [5.74, 6) is 5.42. The van der Waals surface area contributed by atoms with Crippen molar-refractivity contribution < 1.29 is 4.74 Å². The molecule has 5 heteroatoms. The van der Waals surface area contributed by atoms with Crippen LogP contribution in [0.15, 0.2) is 12.3 Å². The predicted molar refractivity (Wildman–Crippen MR) is 54.4 cm³/mol. The van der Waals surface area contributed by atoms with Crippen LogP contribution in [-0.2, 0) is 11.8 Å². The molecule has 1 aromatic heterocycles. The SMILES string of the molecule is CCCOCC(NN)c1ccn(C)n1. The van der Waals surface area contributed by atoms with Crippen LogP contribution < -0.4 is 11.3 Å². The Bertz CT molecular complexity index is 261. The zero-order chi connectivity index (χ0) is 10.4. The molecular weight excluding hydrogens is 180 g/mol. The fourth-order valence-corrected chi connectivity index (χ4v) is 1.18. The normalized spacial score (nSPS) is 13.1. The number of rotatable bonds is 6. The van der Waals surface area contributed by atoms with Crippen molar-refractivity contribution in [3.05, 3.63) is 18.0 Å². The molecule has 0 aliphatic rings. The molecule has 0 aliphatic heterocycles. The van der Waals surface area contributed by atoms with Gasteiger partial charge in [-0.3, -0.25) is 10.5 Å². The maximum atomic E-state index is 5.42. The van der Waals surface area contributed by atoms with E-state index in [1.165, 1.54) is 0 Å². The van der Waals surface area contributed by atoms with Gasteiger partial charge >= 0.3 is 0 Å². The molecule has 0 aromatic carbocycles. The van der Waals surface area contributed by atoms with Crippen LogP contribution in [-0.4, -0.2) is 23.0 Å². The number of hydrogen-bond donors (Lipinski definition) is 2. The quantitative estimate of drug-likeness (QED) is 0.393. The van der Waals surface area contributed by atoms with Gasteiger partial charge in [0.1, 0.15) is 0 Å². The summed E-state index contributed by atoms with van der Waals surface area (Å²) in [7, 11) is 1.88. The molecule has 0 aliphatic carbocycles. The van der Waals surface area contributed by atoms with E-state index in [0.717, 1.165) is 18.7 Å². The number of ether oxygens (including phenoxy) is 1. The highest BCUT2D eigenvalue weighted by Crippen LogP contribution is 2.08. The lowest BCUT2D eigenvalue weighted by Gasteiger charge is -2.13. The zero-order valence-electron chi connectivity index (χ0n) is 8.73. The highest BCUT2D eigenvalue weighted by atomic mass is 16.5. The number of aromatic nitrogens is 2. The van der Waals surface area contributed by atoms with Gasteiger partial charge in [0.2, 0.25) is 0 Å². The van der Waals surface area contributed by atoms with E-state index in [2.05, 4.69) is 17.4 Å². The molecule has 0 bridgehead atoms. The molecule has 0 saturated heterocycles. The fourth-order valence-electron chi connectivity index (χ4n) is 1.18. The average molecular weight is 198 g/mol. The van der Waals surface area contributed by atoms with Crippen molar-refractivity contribution in [2.45, 2.75) is 19.4 Å². The van der Waals surface area contributed by atoms with Crippen molar-refractivity contribution in [2.75, 3.05) is 13.2 Å². The van der Waals surface area contributed by atoms with Gasteiger partial charge in [0.05, 0.1) is 18.3 Å². The Kier molecular flexibility index (Phi) is 4.58. The largest absolute Gasteiger partial charge is 0.379 e. The monoisotopic (exact) mass is 198 g/mol. The lowest BCUT2D eigenvalue weighted by atomic mass is 10.2. The van der Waals surface area contributed by atoms with Gasteiger partial charge in [-0.2, -0.15) is 5.10 Å². The summed E-state index contributed by atoms with van der Waals surface area (Å²) in [6.07, 6.45) is 2.90. The summed E-state index contributed by atoms with van der Waals surface area (Å²) < 4.78 is 7.16. The Morgan fingerprint density at radius 3 is 3.00 bits per heavy atom. The smallest absolute Gasteiger partial charge is 0.0883 e. The van der Waals surface area contributed by atoms with Crippen LogP contribution in [0.1, 0.15) is 25.1 Å². The minimum absolute atomic E-state index is 0.0252. The second-order valence-electron chi connectivity index (χ2n) is 3.21. The molecule has 80 valence electrons. The number of aryl methyl sites for hydroxylation is 1. The molecule has 1 heterocycles. The number of hydrazine groups is 1. The van der Waals surface area contributed by atoms with Crippen LogP contribution in [0.3, 0.4) is 0 Å². The van der Waals surface area contributed by atoms with E-state index in [4.69, 9.17) is 10.6 Å². The third-order valence-electron chi connectivity index (χ3n) is 1.93. The Balaban J connectivity index is 2.45. The van der Waals surface area contributed by atoms with Crippen LogP contribution in [0.5, 0.6) is 0 Å². The van der Waals surface area contributed by atoms with Gasteiger partial charge in [0.15, 0.2) is 0 Å². The van der Waals surface area contributed by atoms with Gasteiger partial charge < -0.3 is 4.74 Å². The van der Waals surface area contributed by atoms with Crippen molar-refractivity contribution in [2.24, 2.45) is 12.9 Å². The molecule has 1 atom stereocenters. The molecule has 0 amide bonds. The van der Waals surface area contributed by atoms with E-state index >= 15 is 0 Å². The highest BCUT2D eigenvalue weighted by Gasteiger charge is 2.11. The van der Waals surface area contributed by atoms with Gasteiger partial charge in [-0.1, -0.05) is 6.92 Å². The van der Waals surface area contributed by atoms with Gasteiger partial charge in [0.25, 0.3) is 0 Å². The standard InChI is InChI=1S/C9H18N4O/c1-3-6-14-7-9(11-10)8-4-5-13(2)12-8/h4-5,9,11H,3,6-7,10H2,1-2H3. The second-order valence-corrected chi connectivity index (χ2v) is 3.21. The molecule has 1 aromatic rings. The fraction of sp³-hybridized carbons (Fsp3) is 0.667. The summed E-state index contributed by atoms with van der Waals surface area (Å²) in [6.45, 7) is 3.39. The first-order valence-electron chi connectivity index (χ1n) is 4.81. The lowest BCUT2D eigenvalue weighted by molar-refractivity contribution is 0.111. The van der Waals surface area contributed by atoms with Gasteiger partial charge in [-0.05, 0) is 12.5 Å². The van der Waals surface area contributed by atoms with Crippen LogP contribution in [0.4, 0.5) is 0 Å². The third-order valence-corrected chi connectivity index (χ3v) is 1.93. The van der Waals surface area contributed by atoms with Crippen LogP contribution in [0.2, 0.25) is 0 Å². The van der Waals surface area contributed by atoms with Gasteiger partial charge in [-0.25, -0.2) is 5.43 Å². The number of nitrogens with one attached hydrogen (secondary N) is 1. The minimum atomic E-state index is -0.0252. The van der Waals surface area contributed by atoms with Crippen molar-refractivity contribution in [3.8, 4) is 0 Å². The van der Waals surface area contributed by atoms with Crippen LogP contribution in [0.25, 0.3) is 0 Å². The van der Waals surface area contributed by atoms with Crippen LogP contribution >= 0.6 is 0 Å². The molecule has 3 N–H and O–H groups in total. The Hall–Kier alpha value is -0.910. The molecule has 1 rings (SSSR count). The van der Waals surface area contributed by atoms with E-state index in [9.17, 15) is 0 Å². The van der Waals surface area contributed by atoms with Gasteiger partial charge in [-0.15, -0.1) is 0 Å². The average Bonchev–Trinajstić information content (AvgIpc) is 2.60. The van der Waals surface area contributed by atoms with E-state index < -0.39 is 0 Å². The maximum absolute atomic E-state index is 5.42. The molecule has 5 nitrogen and oxygen atoms in total. The lowest BCUT2D eigenvalue weighted by Crippen LogP contribution is -2.31. The third kappa shape index (κ3) is 3.10. The predicted octanol–water partition coefficient (Wildman–Crippen LogP) is 0.351. The molecule has 0 fully saturated rings. The van der Waals surface area contributed by atoms with Crippen molar-refractivity contribution >= 4 is 0 Å². The molecular formula is C9H18N4O. The molecule has 0 spiro atoms. The summed E-state index contributed by atoms with van der Waals surface area (Å²) in [5, 5.41) is 4.25. The van der Waals surface area contributed by atoms with Crippen LogP contribution in [0, 0.1) is 0 Å². The number of hydrogen-bond acceptors (Lipinski definition) is 4. The van der Waals surface area contributed by atoms with E-state index in [1.54, 1.807) is 4.68 Å². The first-order valence-corrected chi connectivity index (χ1v) is 4.81. The molecule has 0 saturated carbocycles. The van der Waals surface area contributed by atoms with Crippen molar-refractivity contribution in [3.63, 3.8) is 0 Å². The van der Waals surface area contributed by atoms with Crippen molar-refractivity contribution in [1.82, 2.24) is 15.2 Å². The van der Waals surface area contributed by atoms with Crippen molar-refractivity contribution in [1.29, 1.82) is 0 Å². The topological polar surface area (TPSA) is 65.1 Å². The second kappa shape index (κ2) is 5.74. The summed E-state index contributed by atoms with van der Waals surface area (Å²) in [6, 6.07) is 1.91. The summed E-state index contributed by atoms with van der Waals surface area (Å²) >= 11 is 0. The molecule has 14 heavy (non-hydrogen) atoms. The minimum Gasteiger partial charge on any atom is -0.379 e. The molecule has 1 unspecified atom stereocenters. The highest BCUT2D eigenvalue weighted by molar-refractivity contribution is 5.04. The Morgan fingerprint density at radius 1 is 1.71 bits per heavy atom. The first kappa shape index (κ1) is 11.2. The zero-order valence-corrected chi connectivity index (χ0v) is 8.73. The molecule has 0 radical (unpaired) electrons. The first-order chi connectivity index (χ1) is 6.77. The Morgan fingerprint density at radius 2 is 2.50 bits per heavy atom. The number of nitrogens with zero attached hydrogens (tertiary/aromatic N) is 2. The number of nitrogens with two attached hydrogens (primary N) is 1. The summed E-state index contributed by atoms with van der Waals surface area (Å²) in [4.78, 5) is 0. The van der Waals surface area contributed by atoms with E-state index in [-0.39, 0.29) is 6.04 Å². The Labute approximate surface area is 84.2 Å². The van der Waals surface area contributed by atoms with E-state index in [0.29, 0.717) is 6.61 Å².